The number of ether oxygens (including phenoxy) is 1. The fourth-order valence-electron chi connectivity index (χ4n) is 4.54. The number of hydrogen-bond donors (Lipinski definition) is 1. The van der Waals surface area contributed by atoms with Crippen LogP contribution in [0.3, 0.4) is 0 Å². The predicted molar refractivity (Wildman–Crippen MR) is 116 cm³/mol. The molecular weight excluding hydrogens is 386 g/mol. The lowest BCUT2D eigenvalue weighted by Gasteiger charge is -2.38. The van der Waals surface area contributed by atoms with Gasteiger partial charge < -0.3 is 14.8 Å². The van der Waals surface area contributed by atoms with Gasteiger partial charge in [-0.05, 0) is 32.9 Å². The molecule has 0 amide bonds. The van der Waals surface area contributed by atoms with Crippen molar-refractivity contribution in [2.45, 2.75) is 56.8 Å². The van der Waals surface area contributed by atoms with E-state index in [4.69, 9.17) is 4.74 Å². The Hall–Kier alpha value is -1.79. The number of nitrogens with one attached hydrogen (secondary N) is 1. The molecule has 5 atom stereocenters. The topological polar surface area (TPSA) is 72.5 Å². The van der Waals surface area contributed by atoms with Crippen LogP contribution in [-0.2, 0) is 25.1 Å². The second-order valence-electron chi connectivity index (χ2n) is 8.08. The number of carbonyl (C=O) groups excluding carboxylic acids is 2. The zero-order valence-corrected chi connectivity index (χ0v) is 18.1. The van der Waals surface area contributed by atoms with Crippen LogP contribution < -0.4 is 5.32 Å². The fourth-order valence-corrected chi connectivity index (χ4v) is 6.47. The van der Waals surface area contributed by atoms with Gasteiger partial charge in [0.05, 0.1) is 16.7 Å². The summed E-state index contributed by atoms with van der Waals surface area (Å²) in [6, 6.07) is 0. The Labute approximate surface area is 175 Å². The number of Topliss-reactive ketones (excluding diaryl/α,β-unsaturated/α-hetero) is 1. The van der Waals surface area contributed by atoms with E-state index >= 15 is 0 Å². The summed E-state index contributed by atoms with van der Waals surface area (Å²) in [6.45, 7) is 1.89. The van der Waals surface area contributed by atoms with Gasteiger partial charge in [0.15, 0.2) is 0 Å². The highest BCUT2D eigenvalue weighted by Gasteiger charge is 2.44. The van der Waals surface area contributed by atoms with Gasteiger partial charge >= 0.3 is 5.97 Å². The first kappa shape index (κ1) is 21.9. The van der Waals surface area contributed by atoms with Crippen molar-refractivity contribution in [3.63, 3.8) is 0 Å². The Balaban J connectivity index is 1.96. The number of esters is 1. The maximum atomic E-state index is 13.4. The van der Waals surface area contributed by atoms with Crippen LogP contribution in [0.2, 0.25) is 0 Å². The van der Waals surface area contributed by atoms with Gasteiger partial charge in [-0.1, -0.05) is 49.6 Å². The molecule has 0 aromatic rings. The zero-order valence-electron chi connectivity index (χ0n) is 17.3. The van der Waals surface area contributed by atoms with Crippen molar-refractivity contribution in [2.75, 3.05) is 13.6 Å². The smallest absolute Gasteiger partial charge is 0.311 e. The van der Waals surface area contributed by atoms with E-state index in [1.165, 1.54) is 6.92 Å². The predicted octanol–water partition coefficient (Wildman–Crippen LogP) is 3.36. The van der Waals surface area contributed by atoms with Gasteiger partial charge in [0.1, 0.15) is 11.9 Å². The first-order chi connectivity index (χ1) is 14.0. The summed E-state index contributed by atoms with van der Waals surface area (Å²) < 4.78 is 19.5. The molecule has 2 aliphatic carbocycles. The van der Waals surface area contributed by atoms with Crippen molar-refractivity contribution in [3.05, 3.63) is 46.9 Å². The lowest BCUT2D eigenvalue weighted by atomic mass is 9.87. The van der Waals surface area contributed by atoms with E-state index in [9.17, 15) is 13.8 Å². The molecule has 6 heteroatoms. The molecule has 1 aliphatic heterocycles. The van der Waals surface area contributed by atoms with Gasteiger partial charge in [0, 0.05) is 34.6 Å². The average Bonchev–Trinajstić information content (AvgIpc) is 2.91. The summed E-state index contributed by atoms with van der Waals surface area (Å²) >= 11 is 0. The summed E-state index contributed by atoms with van der Waals surface area (Å²) in [6.07, 6.45) is 16.2. The molecule has 158 valence electrons. The van der Waals surface area contributed by atoms with E-state index in [1.54, 1.807) is 7.05 Å². The van der Waals surface area contributed by atoms with E-state index in [-0.39, 0.29) is 29.3 Å². The molecule has 5 unspecified atom stereocenters. The SMILES string of the molecule is CNCC(CC(C)=O)C(=O)OC1C2=C(/C=C\C=C/C=C2)S(=O)C2CCCCCC12. The van der Waals surface area contributed by atoms with E-state index < -0.39 is 22.8 Å². The zero-order chi connectivity index (χ0) is 20.8. The monoisotopic (exact) mass is 417 g/mol. The second kappa shape index (κ2) is 10.3. The van der Waals surface area contributed by atoms with Crippen LogP contribution in [-0.4, -0.2) is 40.9 Å². The highest BCUT2D eigenvalue weighted by Crippen LogP contribution is 2.42. The minimum absolute atomic E-state index is 0.00561. The molecule has 0 saturated heterocycles. The van der Waals surface area contributed by atoms with Crippen molar-refractivity contribution in [3.8, 4) is 0 Å². The normalized spacial score (nSPS) is 32.1. The Morgan fingerprint density at radius 3 is 2.59 bits per heavy atom. The van der Waals surface area contributed by atoms with Gasteiger partial charge in [-0.25, -0.2) is 0 Å². The Bertz CT molecular complexity index is 780. The van der Waals surface area contributed by atoms with Crippen LogP contribution in [0.25, 0.3) is 0 Å². The molecular formula is C23H31NO4S. The molecule has 29 heavy (non-hydrogen) atoms. The molecule has 0 aromatic heterocycles. The molecule has 3 rings (SSSR count). The highest BCUT2D eigenvalue weighted by molar-refractivity contribution is 7.90. The summed E-state index contributed by atoms with van der Waals surface area (Å²) in [5.74, 6) is -0.837. The maximum Gasteiger partial charge on any atom is 0.311 e. The number of ketones is 1. The minimum Gasteiger partial charge on any atom is -0.457 e. The summed E-state index contributed by atoms with van der Waals surface area (Å²) in [5.41, 5.74) is 0.839. The van der Waals surface area contributed by atoms with Gasteiger partial charge in [0.2, 0.25) is 0 Å². The van der Waals surface area contributed by atoms with Crippen LogP contribution >= 0.6 is 0 Å². The first-order valence-corrected chi connectivity index (χ1v) is 11.7. The lowest BCUT2D eigenvalue weighted by molar-refractivity contribution is -0.155. The summed E-state index contributed by atoms with van der Waals surface area (Å²) in [4.78, 5) is 25.4. The third-order valence-electron chi connectivity index (χ3n) is 5.89. The van der Waals surface area contributed by atoms with Gasteiger partial charge in [-0.2, -0.15) is 0 Å². The van der Waals surface area contributed by atoms with Gasteiger partial charge in [-0.15, -0.1) is 0 Å². The van der Waals surface area contributed by atoms with Crippen molar-refractivity contribution >= 4 is 22.6 Å². The number of fused-ring (bicyclic) bond motifs is 1. The Kier molecular flexibility index (Phi) is 7.78. The number of rotatable bonds is 6. The molecule has 3 aliphatic rings. The van der Waals surface area contributed by atoms with E-state index in [0.29, 0.717) is 6.54 Å². The Morgan fingerprint density at radius 1 is 1.14 bits per heavy atom. The molecule has 0 bridgehead atoms. The van der Waals surface area contributed by atoms with Crippen LogP contribution in [0, 0.1) is 11.8 Å². The molecule has 0 spiro atoms. The first-order valence-electron chi connectivity index (χ1n) is 10.5. The van der Waals surface area contributed by atoms with Crippen molar-refractivity contribution in [2.24, 2.45) is 11.8 Å². The largest absolute Gasteiger partial charge is 0.457 e. The number of carbonyl (C=O) groups is 2. The van der Waals surface area contributed by atoms with E-state index in [1.807, 2.05) is 36.5 Å². The number of allylic oxidation sites excluding steroid dienone is 5. The second-order valence-corrected chi connectivity index (χ2v) is 9.72. The number of hydrogen-bond acceptors (Lipinski definition) is 5. The molecule has 1 heterocycles. The van der Waals surface area contributed by atoms with Crippen molar-refractivity contribution < 1.29 is 18.5 Å². The van der Waals surface area contributed by atoms with Gasteiger partial charge in [-0.3, -0.25) is 9.00 Å². The molecule has 0 aromatic carbocycles. The Morgan fingerprint density at radius 2 is 1.86 bits per heavy atom. The summed E-state index contributed by atoms with van der Waals surface area (Å²) in [5, 5.41) is 3.00. The maximum absolute atomic E-state index is 13.4. The minimum atomic E-state index is -1.11. The van der Waals surface area contributed by atoms with E-state index in [0.717, 1.165) is 42.6 Å². The van der Waals surface area contributed by atoms with E-state index in [2.05, 4.69) is 5.32 Å². The molecule has 1 fully saturated rings. The third kappa shape index (κ3) is 5.23. The van der Waals surface area contributed by atoms with Crippen LogP contribution in [0.4, 0.5) is 0 Å². The van der Waals surface area contributed by atoms with Crippen LogP contribution in [0.1, 0.15) is 45.4 Å². The third-order valence-corrected chi connectivity index (χ3v) is 7.83. The molecule has 0 radical (unpaired) electrons. The van der Waals surface area contributed by atoms with Gasteiger partial charge in [0.25, 0.3) is 0 Å². The molecule has 5 nitrogen and oxygen atoms in total. The quantitative estimate of drug-likeness (QED) is 0.671. The highest BCUT2D eigenvalue weighted by atomic mass is 32.2. The van der Waals surface area contributed by atoms with Crippen LogP contribution in [0.5, 0.6) is 0 Å². The summed E-state index contributed by atoms with van der Waals surface area (Å²) in [7, 11) is 0.653. The lowest BCUT2D eigenvalue weighted by Crippen LogP contribution is -2.44. The molecule has 1 saturated carbocycles. The fraction of sp³-hybridized carbons (Fsp3) is 0.565. The average molecular weight is 418 g/mol. The van der Waals surface area contributed by atoms with Crippen molar-refractivity contribution in [1.82, 2.24) is 5.32 Å². The van der Waals surface area contributed by atoms with Crippen LogP contribution in [0.15, 0.2) is 46.9 Å². The van der Waals surface area contributed by atoms with Crippen molar-refractivity contribution in [1.29, 1.82) is 0 Å². The molecule has 1 N–H and O–H groups in total. The standard InChI is InChI=1S/C23H31NO4S/c1-16(25)14-17(15-24-2)23(26)28-22-18-10-6-3-4-8-12-20(18)29(27)21-13-9-5-7-11-19(21)22/h3-4,6,8,10,12,17,19,21-22,24H,5,7,9,11,13-15H2,1-2H3/b4-3-,6-3?,8-4?,10-6?,12-8-,18-10?,20-12?.